The van der Waals surface area contributed by atoms with E-state index in [1.54, 1.807) is 6.92 Å². The molecule has 0 amide bonds. The molecule has 89 valence electrons. The monoisotopic (exact) mass is 296 g/mol. The Kier molecular flexibility index (Phi) is 5.67. The zero-order chi connectivity index (χ0) is 12.7. The van der Waals surface area contributed by atoms with Gasteiger partial charge in [0.05, 0.1) is 0 Å². The Morgan fingerprint density at radius 1 is 1.41 bits per heavy atom. The van der Waals surface area contributed by atoms with Crippen molar-refractivity contribution in [2.24, 2.45) is 4.99 Å². The summed E-state index contributed by atoms with van der Waals surface area (Å²) in [4.78, 5) is 15.3. The van der Waals surface area contributed by atoms with Crippen LogP contribution in [0.2, 0.25) is 0 Å². The Morgan fingerprint density at radius 2 is 2.06 bits per heavy atom. The quantitative estimate of drug-likeness (QED) is 0.483. The molecule has 0 saturated heterocycles. The Balaban J connectivity index is 2.66. The number of carbonyl (C=O) groups excluding carboxylic acids is 1. The van der Waals surface area contributed by atoms with E-state index in [1.807, 2.05) is 42.5 Å². The van der Waals surface area contributed by atoms with E-state index in [0.29, 0.717) is 4.61 Å². The van der Waals surface area contributed by atoms with Crippen molar-refractivity contribution in [1.29, 1.82) is 0 Å². The van der Waals surface area contributed by atoms with Gasteiger partial charge in [0, 0.05) is 0 Å². The molecule has 0 saturated carbocycles. The molecule has 0 aliphatic rings. The van der Waals surface area contributed by atoms with Crippen LogP contribution in [0.15, 0.2) is 41.4 Å². The predicted molar refractivity (Wildman–Crippen MR) is 70.1 cm³/mol. The SMILES string of the molecule is COC(=O)[C@H](C)N=C([Se])/C=C/c1ccccc1. The van der Waals surface area contributed by atoms with Crippen molar-refractivity contribution in [3.63, 3.8) is 0 Å². The molecule has 0 aromatic heterocycles. The minimum atomic E-state index is -0.489. The molecule has 0 heterocycles. The molecule has 0 bridgehead atoms. The van der Waals surface area contributed by atoms with Crippen LogP contribution in [0, 0.1) is 0 Å². The Morgan fingerprint density at radius 3 is 2.65 bits per heavy atom. The summed E-state index contributed by atoms with van der Waals surface area (Å²) in [6, 6.07) is 9.39. The Hall–Kier alpha value is -1.38. The van der Waals surface area contributed by atoms with Crippen molar-refractivity contribution in [2.75, 3.05) is 7.11 Å². The van der Waals surface area contributed by atoms with E-state index in [0.717, 1.165) is 5.56 Å². The van der Waals surface area contributed by atoms with Gasteiger partial charge in [-0.1, -0.05) is 0 Å². The van der Waals surface area contributed by atoms with Gasteiger partial charge in [-0.3, -0.25) is 0 Å². The number of methoxy groups -OCH3 is 1. The number of allylic oxidation sites excluding steroid dienone is 1. The van der Waals surface area contributed by atoms with Crippen LogP contribution in [0.25, 0.3) is 6.08 Å². The second kappa shape index (κ2) is 7.04. The molecule has 1 rings (SSSR count). The molecule has 3 nitrogen and oxygen atoms in total. The Labute approximate surface area is 109 Å². The van der Waals surface area contributed by atoms with Crippen LogP contribution in [0.3, 0.4) is 0 Å². The standard InChI is InChI=1S/C13H14NO2Se/c1-10(13(15)16-2)14-12(17)9-8-11-6-4-3-5-7-11/h3-10H,1-2H3/b9-8+,14-12?/t10-/m0/s1. The van der Waals surface area contributed by atoms with E-state index in [9.17, 15) is 4.79 Å². The molecule has 0 spiro atoms. The van der Waals surface area contributed by atoms with Crippen molar-refractivity contribution >= 4 is 32.7 Å². The maximum absolute atomic E-state index is 11.2. The summed E-state index contributed by atoms with van der Waals surface area (Å²) in [5, 5.41) is 0. The maximum atomic E-state index is 11.2. The van der Waals surface area contributed by atoms with E-state index >= 15 is 0 Å². The summed E-state index contributed by atoms with van der Waals surface area (Å²) in [5.41, 5.74) is 1.08. The third-order valence-electron chi connectivity index (χ3n) is 2.08. The van der Waals surface area contributed by atoms with Crippen molar-refractivity contribution in [2.45, 2.75) is 13.0 Å². The van der Waals surface area contributed by atoms with Crippen molar-refractivity contribution in [3.05, 3.63) is 42.0 Å². The van der Waals surface area contributed by atoms with E-state index < -0.39 is 6.04 Å². The van der Waals surface area contributed by atoms with Crippen LogP contribution >= 0.6 is 0 Å². The summed E-state index contributed by atoms with van der Waals surface area (Å²) in [6.45, 7) is 1.69. The predicted octanol–water partition coefficient (Wildman–Crippen LogP) is 1.83. The van der Waals surface area contributed by atoms with Gasteiger partial charge in [-0.05, 0) is 0 Å². The molecule has 0 N–H and O–H groups in total. The van der Waals surface area contributed by atoms with E-state index in [4.69, 9.17) is 0 Å². The van der Waals surface area contributed by atoms with Crippen LogP contribution in [0.1, 0.15) is 12.5 Å². The molecule has 1 radical (unpaired) electrons. The van der Waals surface area contributed by atoms with Gasteiger partial charge in [-0.15, -0.1) is 0 Å². The second-order valence-corrected chi connectivity index (χ2v) is 4.29. The third kappa shape index (κ3) is 4.98. The van der Waals surface area contributed by atoms with E-state index in [-0.39, 0.29) is 5.97 Å². The zero-order valence-electron chi connectivity index (χ0n) is 9.79. The molecule has 1 atom stereocenters. The number of hydrogen-bond acceptors (Lipinski definition) is 3. The van der Waals surface area contributed by atoms with Gasteiger partial charge in [0.2, 0.25) is 0 Å². The first-order valence-electron chi connectivity index (χ1n) is 5.19. The number of esters is 1. The zero-order valence-corrected chi connectivity index (χ0v) is 11.5. The molecular weight excluding hydrogens is 281 g/mol. The van der Waals surface area contributed by atoms with E-state index in [2.05, 4.69) is 25.7 Å². The van der Waals surface area contributed by atoms with Crippen molar-refractivity contribution < 1.29 is 9.53 Å². The summed E-state index contributed by atoms with van der Waals surface area (Å²) >= 11 is 2.81. The van der Waals surface area contributed by atoms with Crippen LogP contribution in [-0.4, -0.2) is 39.7 Å². The molecule has 4 heteroatoms. The number of rotatable bonds is 4. The summed E-state index contributed by atoms with van der Waals surface area (Å²) in [6.07, 6.45) is 3.76. The summed E-state index contributed by atoms with van der Waals surface area (Å²) < 4.78 is 5.26. The van der Waals surface area contributed by atoms with Gasteiger partial charge in [-0.25, -0.2) is 0 Å². The number of aliphatic imine (C=N–C) groups is 1. The topological polar surface area (TPSA) is 38.7 Å². The van der Waals surface area contributed by atoms with Crippen molar-refractivity contribution in [1.82, 2.24) is 0 Å². The molecule has 1 aromatic carbocycles. The van der Waals surface area contributed by atoms with Gasteiger partial charge in [-0.2, -0.15) is 0 Å². The first-order valence-corrected chi connectivity index (χ1v) is 6.05. The number of benzene rings is 1. The number of ether oxygens (including phenoxy) is 1. The van der Waals surface area contributed by atoms with Gasteiger partial charge >= 0.3 is 109 Å². The van der Waals surface area contributed by atoms with Gasteiger partial charge in [0.1, 0.15) is 0 Å². The fourth-order valence-electron chi connectivity index (χ4n) is 1.19. The first-order chi connectivity index (χ1) is 8.13. The van der Waals surface area contributed by atoms with E-state index in [1.165, 1.54) is 7.11 Å². The van der Waals surface area contributed by atoms with Crippen molar-refractivity contribution in [3.8, 4) is 0 Å². The average Bonchev–Trinajstić information content (AvgIpc) is 2.36. The molecule has 0 aliphatic heterocycles. The van der Waals surface area contributed by atoms with Crippen LogP contribution < -0.4 is 0 Å². The number of hydrogen-bond donors (Lipinski definition) is 0. The van der Waals surface area contributed by atoms with Gasteiger partial charge < -0.3 is 0 Å². The number of nitrogens with zero attached hydrogens (tertiary/aromatic N) is 1. The molecule has 1 aromatic rings. The van der Waals surface area contributed by atoms with Gasteiger partial charge in [0.25, 0.3) is 0 Å². The summed E-state index contributed by atoms with van der Waals surface area (Å²) in [5.74, 6) is -0.342. The fraction of sp³-hybridized carbons (Fsp3) is 0.231. The molecule has 0 aliphatic carbocycles. The van der Waals surface area contributed by atoms with Crippen LogP contribution in [0.4, 0.5) is 0 Å². The van der Waals surface area contributed by atoms with Crippen LogP contribution in [-0.2, 0) is 9.53 Å². The van der Waals surface area contributed by atoms with Crippen LogP contribution in [0.5, 0.6) is 0 Å². The molecular formula is C13H14NO2Se. The average molecular weight is 295 g/mol. The Bertz CT molecular complexity index is 426. The summed E-state index contributed by atoms with van der Waals surface area (Å²) in [7, 11) is 1.35. The molecule has 0 fully saturated rings. The molecule has 0 unspecified atom stereocenters. The second-order valence-electron chi connectivity index (χ2n) is 3.41. The molecule has 17 heavy (non-hydrogen) atoms. The normalized spacial score (nSPS) is 13.6. The fourth-order valence-corrected chi connectivity index (χ4v) is 1.66. The minimum absolute atomic E-state index is 0.342. The first kappa shape index (κ1) is 13.7. The number of carbonyl (C=O) groups is 1. The third-order valence-corrected chi connectivity index (χ3v) is 2.59. The van der Waals surface area contributed by atoms with Gasteiger partial charge in [0.15, 0.2) is 0 Å².